The Morgan fingerprint density at radius 2 is 1.90 bits per heavy atom. The molecule has 0 spiro atoms. The molecule has 1 heterocycles. The fourth-order valence-corrected chi connectivity index (χ4v) is 1.97. The summed E-state index contributed by atoms with van der Waals surface area (Å²) in [6, 6.07) is 10.3. The van der Waals surface area contributed by atoms with Crippen molar-refractivity contribution in [3.8, 4) is 11.5 Å². The normalized spacial score (nSPS) is 10.7. The molecule has 3 rings (SSSR count). The maximum Gasteiger partial charge on any atom is 0.339 e. The second-order valence-electron chi connectivity index (χ2n) is 4.28. The standard InChI is InChI=1S/C14H8N2O5/c17-14(18)10-2-1-3-11-12(10)21-13(15-11)8-4-6-9(7-5-8)16(19)20/h1-7H,(H,17,18). The number of non-ortho nitro benzene ring substituents is 1. The molecular weight excluding hydrogens is 276 g/mol. The lowest BCUT2D eigenvalue weighted by molar-refractivity contribution is -0.384. The number of hydrogen-bond acceptors (Lipinski definition) is 5. The average molecular weight is 284 g/mol. The summed E-state index contributed by atoms with van der Waals surface area (Å²) in [6.45, 7) is 0. The van der Waals surface area contributed by atoms with Crippen molar-refractivity contribution in [2.75, 3.05) is 0 Å². The van der Waals surface area contributed by atoms with Gasteiger partial charge in [-0.1, -0.05) is 6.07 Å². The lowest BCUT2D eigenvalue weighted by Crippen LogP contribution is -1.95. The molecule has 0 saturated heterocycles. The highest BCUT2D eigenvalue weighted by Gasteiger charge is 2.16. The first-order valence-corrected chi connectivity index (χ1v) is 5.94. The van der Waals surface area contributed by atoms with Crippen LogP contribution in [-0.4, -0.2) is 21.0 Å². The molecule has 2 aromatic carbocycles. The van der Waals surface area contributed by atoms with Crippen LogP contribution in [0.2, 0.25) is 0 Å². The van der Waals surface area contributed by atoms with Crippen LogP contribution in [0.15, 0.2) is 46.9 Å². The van der Waals surface area contributed by atoms with Gasteiger partial charge in [0.15, 0.2) is 5.58 Å². The number of hydrogen-bond donors (Lipinski definition) is 1. The highest BCUT2D eigenvalue weighted by molar-refractivity contribution is 6.00. The van der Waals surface area contributed by atoms with Crippen molar-refractivity contribution in [1.82, 2.24) is 4.98 Å². The van der Waals surface area contributed by atoms with Crippen molar-refractivity contribution >= 4 is 22.8 Å². The first-order chi connectivity index (χ1) is 10.1. The van der Waals surface area contributed by atoms with Crippen LogP contribution in [0.3, 0.4) is 0 Å². The molecule has 104 valence electrons. The zero-order valence-electron chi connectivity index (χ0n) is 10.5. The molecule has 21 heavy (non-hydrogen) atoms. The molecule has 0 atom stereocenters. The monoisotopic (exact) mass is 284 g/mol. The number of benzene rings is 2. The van der Waals surface area contributed by atoms with Crippen LogP contribution < -0.4 is 0 Å². The number of fused-ring (bicyclic) bond motifs is 1. The van der Waals surface area contributed by atoms with E-state index in [-0.39, 0.29) is 22.7 Å². The molecule has 1 N–H and O–H groups in total. The summed E-state index contributed by atoms with van der Waals surface area (Å²) in [7, 11) is 0. The molecule has 0 aliphatic rings. The summed E-state index contributed by atoms with van der Waals surface area (Å²) in [5, 5.41) is 19.7. The Morgan fingerprint density at radius 3 is 2.52 bits per heavy atom. The number of nitro groups is 1. The van der Waals surface area contributed by atoms with E-state index >= 15 is 0 Å². The van der Waals surface area contributed by atoms with Gasteiger partial charge in [0, 0.05) is 17.7 Å². The first kappa shape index (κ1) is 12.8. The smallest absolute Gasteiger partial charge is 0.339 e. The molecule has 0 aliphatic heterocycles. The van der Waals surface area contributed by atoms with Crippen LogP contribution in [0.1, 0.15) is 10.4 Å². The number of aromatic nitrogens is 1. The van der Waals surface area contributed by atoms with Gasteiger partial charge in [-0.15, -0.1) is 0 Å². The van der Waals surface area contributed by atoms with Gasteiger partial charge in [-0.3, -0.25) is 10.1 Å². The van der Waals surface area contributed by atoms with Crippen LogP contribution in [-0.2, 0) is 0 Å². The fourth-order valence-electron chi connectivity index (χ4n) is 1.97. The summed E-state index contributed by atoms with van der Waals surface area (Å²) in [4.78, 5) is 25.4. The van der Waals surface area contributed by atoms with Gasteiger partial charge in [-0.25, -0.2) is 9.78 Å². The molecule has 0 radical (unpaired) electrons. The Kier molecular flexibility index (Phi) is 2.87. The Bertz CT molecular complexity index is 851. The summed E-state index contributed by atoms with van der Waals surface area (Å²) >= 11 is 0. The van der Waals surface area contributed by atoms with E-state index in [9.17, 15) is 14.9 Å². The third-order valence-electron chi connectivity index (χ3n) is 2.97. The quantitative estimate of drug-likeness (QED) is 0.585. The minimum atomic E-state index is -1.10. The molecule has 0 unspecified atom stereocenters. The van der Waals surface area contributed by atoms with Crippen molar-refractivity contribution in [2.24, 2.45) is 0 Å². The number of aromatic carboxylic acids is 1. The van der Waals surface area contributed by atoms with E-state index < -0.39 is 10.9 Å². The van der Waals surface area contributed by atoms with Crippen molar-refractivity contribution in [3.05, 3.63) is 58.1 Å². The van der Waals surface area contributed by atoms with Gasteiger partial charge in [0.2, 0.25) is 5.89 Å². The van der Waals surface area contributed by atoms with Gasteiger partial charge in [-0.2, -0.15) is 0 Å². The number of rotatable bonds is 3. The number of oxazole rings is 1. The second kappa shape index (κ2) is 4.71. The lowest BCUT2D eigenvalue weighted by Gasteiger charge is -1.95. The Labute approximate surface area is 117 Å². The number of carbonyl (C=O) groups is 1. The van der Waals surface area contributed by atoms with E-state index in [1.807, 2.05) is 0 Å². The predicted molar refractivity (Wildman–Crippen MR) is 73.1 cm³/mol. The third-order valence-corrected chi connectivity index (χ3v) is 2.97. The Hall–Kier alpha value is -3.22. The highest BCUT2D eigenvalue weighted by Crippen LogP contribution is 2.27. The summed E-state index contributed by atoms with van der Waals surface area (Å²) in [6.07, 6.45) is 0. The second-order valence-corrected chi connectivity index (χ2v) is 4.28. The molecule has 0 amide bonds. The number of nitro benzene ring substituents is 1. The van der Waals surface area contributed by atoms with E-state index in [1.54, 1.807) is 12.1 Å². The molecule has 7 heteroatoms. The number of carboxylic acid groups (broad SMARTS) is 1. The molecule has 1 aromatic heterocycles. The summed E-state index contributed by atoms with van der Waals surface area (Å²) in [5.41, 5.74) is 1.11. The zero-order valence-corrected chi connectivity index (χ0v) is 10.5. The van der Waals surface area contributed by atoms with Crippen LogP contribution >= 0.6 is 0 Å². The van der Waals surface area contributed by atoms with Gasteiger partial charge in [-0.05, 0) is 24.3 Å². The van der Waals surface area contributed by atoms with Crippen molar-refractivity contribution in [1.29, 1.82) is 0 Å². The third kappa shape index (κ3) is 2.20. The molecule has 3 aromatic rings. The van der Waals surface area contributed by atoms with Crippen LogP contribution in [0, 0.1) is 10.1 Å². The highest BCUT2D eigenvalue weighted by atomic mass is 16.6. The molecule has 0 bridgehead atoms. The van der Waals surface area contributed by atoms with Gasteiger partial charge in [0.05, 0.1) is 4.92 Å². The molecule has 0 saturated carbocycles. The summed E-state index contributed by atoms with van der Waals surface area (Å²) < 4.78 is 5.49. The van der Waals surface area contributed by atoms with Crippen molar-refractivity contribution in [3.63, 3.8) is 0 Å². The topological polar surface area (TPSA) is 106 Å². The van der Waals surface area contributed by atoms with E-state index in [2.05, 4.69) is 4.98 Å². The fraction of sp³-hybridized carbons (Fsp3) is 0. The predicted octanol–water partition coefficient (Wildman–Crippen LogP) is 3.10. The van der Waals surface area contributed by atoms with Crippen molar-refractivity contribution < 1.29 is 19.2 Å². The molecule has 0 fully saturated rings. The SMILES string of the molecule is O=C(O)c1cccc2nc(-c3ccc([N+](=O)[O-])cc3)oc12. The minimum Gasteiger partial charge on any atom is -0.478 e. The molecular formula is C14H8N2O5. The van der Waals surface area contributed by atoms with Crippen LogP contribution in [0.25, 0.3) is 22.6 Å². The molecule has 0 aliphatic carbocycles. The first-order valence-electron chi connectivity index (χ1n) is 5.94. The van der Waals surface area contributed by atoms with Gasteiger partial charge in [0.25, 0.3) is 5.69 Å². The number of para-hydroxylation sites is 1. The summed E-state index contributed by atoms with van der Waals surface area (Å²) in [5.74, 6) is -0.888. The van der Waals surface area contributed by atoms with E-state index in [0.29, 0.717) is 11.1 Å². The van der Waals surface area contributed by atoms with E-state index in [4.69, 9.17) is 9.52 Å². The van der Waals surface area contributed by atoms with Crippen LogP contribution in [0.5, 0.6) is 0 Å². The van der Waals surface area contributed by atoms with Crippen molar-refractivity contribution in [2.45, 2.75) is 0 Å². The molecule has 7 nitrogen and oxygen atoms in total. The Morgan fingerprint density at radius 1 is 1.19 bits per heavy atom. The van der Waals surface area contributed by atoms with Gasteiger partial charge in [0.1, 0.15) is 11.1 Å². The maximum atomic E-state index is 11.1. The average Bonchev–Trinajstić information content (AvgIpc) is 2.90. The zero-order chi connectivity index (χ0) is 15.0. The maximum absolute atomic E-state index is 11.1. The van der Waals surface area contributed by atoms with Gasteiger partial charge < -0.3 is 9.52 Å². The minimum absolute atomic E-state index is 0.0214. The number of carboxylic acids is 1. The van der Waals surface area contributed by atoms with Gasteiger partial charge >= 0.3 is 5.97 Å². The lowest BCUT2D eigenvalue weighted by atomic mass is 10.2. The van der Waals surface area contributed by atoms with E-state index in [0.717, 1.165) is 0 Å². The van der Waals surface area contributed by atoms with Crippen LogP contribution in [0.4, 0.5) is 5.69 Å². The van der Waals surface area contributed by atoms with E-state index in [1.165, 1.54) is 30.3 Å². The Balaban J connectivity index is 2.11. The number of nitrogens with zero attached hydrogens (tertiary/aromatic N) is 2. The largest absolute Gasteiger partial charge is 0.478 e.